The van der Waals surface area contributed by atoms with E-state index in [0.717, 1.165) is 34.7 Å². The highest BCUT2D eigenvalue weighted by Gasteiger charge is 2.33. The Morgan fingerprint density at radius 2 is 1.70 bits per heavy atom. The molecule has 3 aromatic rings. The summed E-state index contributed by atoms with van der Waals surface area (Å²) in [5, 5.41) is 0.771. The number of halogens is 1. The predicted octanol–water partition coefficient (Wildman–Crippen LogP) is 5.13. The minimum absolute atomic E-state index is 0.209. The Kier molecular flexibility index (Phi) is 5.30. The summed E-state index contributed by atoms with van der Waals surface area (Å²) in [4.78, 5) is 14.8. The summed E-state index contributed by atoms with van der Waals surface area (Å²) in [5.74, 6) is 0.477. The molecule has 1 fully saturated rings. The number of benzene rings is 2. The van der Waals surface area contributed by atoms with E-state index in [0.29, 0.717) is 19.6 Å². The maximum absolute atomic E-state index is 12.9. The molecule has 0 unspecified atom stereocenters. The van der Waals surface area contributed by atoms with Crippen LogP contribution in [0.4, 0.5) is 0 Å². The zero-order valence-corrected chi connectivity index (χ0v) is 16.0. The lowest BCUT2D eigenvalue weighted by atomic mass is 10.2. The summed E-state index contributed by atoms with van der Waals surface area (Å²) >= 11 is 6.33. The van der Waals surface area contributed by atoms with Crippen LogP contribution >= 0.6 is 11.6 Å². The molecule has 3 nitrogen and oxygen atoms in total. The fourth-order valence-electron chi connectivity index (χ4n) is 3.36. The van der Waals surface area contributed by atoms with Gasteiger partial charge in [0.25, 0.3) is 0 Å². The molecule has 138 valence electrons. The largest absolute Gasteiger partial charge is 0.345 e. The molecular formula is C23H23ClN2O. The number of amides is 1. The Morgan fingerprint density at radius 1 is 0.963 bits per heavy atom. The van der Waals surface area contributed by atoms with Gasteiger partial charge in [0.2, 0.25) is 5.91 Å². The lowest BCUT2D eigenvalue weighted by Crippen LogP contribution is -2.32. The zero-order chi connectivity index (χ0) is 18.6. The summed E-state index contributed by atoms with van der Waals surface area (Å²) in [7, 11) is 0. The fourth-order valence-corrected chi connectivity index (χ4v) is 3.55. The van der Waals surface area contributed by atoms with Crippen molar-refractivity contribution in [1.82, 2.24) is 9.47 Å². The first-order valence-corrected chi connectivity index (χ1v) is 9.78. The van der Waals surface area contributed by atoms with Crippen LogP contribution in [0.3, 0.4) is 0 Å². The highest BCUT2D eigenvalue weighted by Crippen LogP contribution is 2.32. The van der Waals surface area contributed by atoms with Gasteiger partial charge in [0.1, 0.15) is 0 Å². The van der Waals surface area contributed by atoms with Crippen molar-refractivity contribution in [3.05, 3.63) is 94.8 Å². The Hall–Kier alpha value is -2.52. The lowest BCUT2D eigenvalue weighted by Gasteiger charge is -2.24. The number of hydrogen-bond acceptors (Lipinski definition) is 1. The quantitative estimate of drug-likeness (QED) is 0.559. The van der Waals surface area contributed by atoms with E-state index in [1.54, 1.807) is 0 Å². The molecule has 0 N–H and O–H groups in total. The highest BCUT2D eigenvalue weighted by molar-refractivity contribution is 6.31. The molecule has 1 heterocycles. The van der Waals surface area contributed by atoms with Crippen LogP contribution in [-0.4, -0.2) is 15.4 Å². The topological polar surface area (TPSA) is 25.2 Å². The van der Waals surface area contributed by atoms with Crippen LogP contribution in [0.25, 0.3) is 0 Å². The molecule has 1 aliphatic rings. The third kappa shape index (κ3) is 4.42. The fraction of sp³-hybridized carbons (Fsp3) is 0.261. The first-order valence-electron chi connectivity index (χ1n) is 9.41. The van der Waals surface area contributed by atoms with E-state index in [-0.39, 0.29) is 11.8 Å². The SMILES string of the molecule is O=C(C1CC1)N(Cc1ccccc1)Cc1cccn1Cc1ccccc1Cl. The molecule has 0 spiro atoms. The molecule has 27 heavy (non-hydrogen) atoms. The normalized spacial score (nSPS) is 13.5. The van der Waals surface area contributed by atoms with Crippen LogP contribution in [0.2, 0.25) is 5.02 Å². The molecular weight excluding hydrogens is 356 g/mol. The predicted molar refractivity (Wildman–Crippen MR) is 108 cm³/mol. The van der Waals surface area contributed by atoms with Crippen molar-refractivity contribution in [3.63, 3.8) is 0 Å². The minimum atomic E-state index is 0.209. The second-order valence-electron chi connectivity index (χ2n) is 7.17. The average molecular weight is 379 g/mol. The second kappa shape index (κ2) is 8.01. The third-order valence-electron chi connectivity index (χ3n) is 5.03. The minimum Gasteiger partial charge on any atom is -0.345 e. The van der Waals surface area contributed by atoms with Gasteiger partial charge < -0.3 is 9.47 Å². The van der Waals surface area contributed by atoms with Gasteiger partial charge in [-0.2, -0.15) is 0 Å². The number of rotatable bonds is 7. The van der Waals surface area contributed by atoms with Gasteiger partial charge in [-0.15, -0.1) is 0 Å². The zero-order valence-electron chi connectivity index (χ0n) is 15.2. The van der Waals surface area contributed by atoms with Gasteiger partial charge in [-0.05, 0) is 42.2 Å². The van der Waals surface area contributed by atoms with E-state index in [4.69, 9.17) is 11.6 Å². The van der Waals surface area contributed by atoms with E-state index in [1.807, 2.05) is 53.4 Å². The first-order chi connectivity index (χ1) is 13.2. The number of aromatic nitrogens is 1. The van der Waals surface area contributed by atoms with Crippen LogP contribution in [0.1, 0.15) is 29.7 Å². The van der Waals surface area contributed by atoms with Gasteiger partial charge in [-0.1, -0.05) is 60.1 Å². The van der Waals surface area contributed by atoms with Gasteiger partial charge in [-0.3, -0.25) is 4.79 Å². The second-order valence-corrected chi connectivity index (χ2v) is 7.58. The van der Waals surface area contributed by atoms with Crippen molar-refractivity contribution >= 4 is 17.5 Å². The van der Waals surface area contributed by atoms with Gasteiger partial charge in [-0.25, -0.2) is 0 Å². The molecule has 0 atom stereocenters. The van der Waals surface area contributed by atoms with E-state index >= 15 is 0 Å². The summed E-state index contributed by atoms with van der Waals surface area (Å²) in [5.41, 5.74) is 3.37. The molecule has 0 bridgehead atoms. The number of nitrogens with zero attached hydrogens (tertiary/aromatic N) is 2. The van der Waals surface area contributed by atoms with E-state index in [2.05, 4.69) is 29.0 Å². The molecule has 1 amide bonds. The molecule has 0 saturated heterocycles. The highest BCUT2D eigenvalue weighted by atomic mass is 35.5. The van der Waals surface area contributed by atoms with E-state index < -0.39 is 0 Å². The maximum atomic E-state index is 12.9. The molecule has 1 aliphatic carbocycles. The number of hydrogen-bond donors (Lipinski definition) is 0. The van der Waals surface area contributed by atoms with Gasteiger partial charge in [0.05, 0.1) is 6.54 Å². The van der Waals surface area contributed by atoms with E-state index in [1.165, 1.54) is 0 Å². The Bertz CT molecular complexity index is 915. The molecule has 1 saturated carbocycles. The van der Waals surface area contributed by atoms with Crippen LogP contribution in [0.5, 0.6) is 0 Å². The summed E-state index contributed by atoms with van der Waals surface area (Å²) in [6, 6.07) is 22.2. The Balaban J connectivity index is 1.54. The summed E-state index contributed by atoms with van der Waals surface area (Å²) < 4.78 is 2.18. The van der Waals surface area contributed by atoms with Gasteiger partial charge >= 0.3 is 0 Å². The summed E-state index contributed by atoms with van der Waals surface area (Å²) in [6.07, 6.45) is 4.09. The lowest BCUT2D eigenvalue weighted by molar-refractivity contribution is -0.133. The van der Waals surface area contributed by atoms with Crippen molar-refractivity contribution in [2.24, 2.45) is 5.92 Å². The van der Waals surface area contributed by atoms with Crippen molar-refractivity contribution in [2.75, 3.05) is 0 Å². The van der Waals surface area contributed by atoms with Crippen molar-refractivity contribution < 1.29 is 4.79 Å². The molecule has 0 radical (unpaired) electrons. The van der Waals surface area contributed by atoms with Crippen LogP contribution in [0, 0.1) is 5.92 Å². The maximum Gasteiger partial charge on any atom is 0.226 e. The number of carbonyl (C=O) groups is 1. The average Bonchev–Trinajstić information content (AvgIpc) is 3.45. The molecule has 2 aromatic carbocycles. The van der Waals surface area contributed by atoms with Crippen LogP contribution in [0.15, 0.2) is 72.9 Å². The third-order valence-corrected chi connectivity index (χ3v) is 5.40. The monoisotopic (exact) mass is 378 g/mol. The van der Waals surface area contributed by atoms with Gasteiger partial charge in [0, 0.05) is 35.9 Å². The molecule has 4 rings (SSSR count). The van der Waals surface area contributed by atoms with Crippen LogP contribution < -0.4 is 0 Å². The molecule has 1 aromatic heterocycles. The smallest absolute Gasteiger partial charge is 0.226 e. The van der Waals surface area contributed by atoms with E-state index in [9.17, 15) is 4.79 Å². The Labute approximate surface area is 165 Å². The summed E-state index contributed by atoms with van der Waals surface area (Å²) in [6.45, 7) is 1.97. The van der Waals surface area contributed by atoms with Crippen LogP contribution in [-0.2, 0) is 24.4 Å². The van der Waals surface area contributed by atoms with Crippen molar-refractivity contribution in [1.29, 1.82) is 0 Å². The molecule has 4 heteroatoms. The van der Waals surface area contributed by atoms with Crippen molar-refractivity contribution in [2.45, 2.75) is 32.5 Å². The first kappa shape index (κ1) is 17.9. The molecule has 0 aliphatic heterocycles. The van der Waals surface area contributed by atoms with Gasteiger partial charge in [0.15, 0.2) is 0 Å². The Morgan fingerprint density at radius 3 is 2.44 bits per heavy atom. The number of carbonyl (C=O) groups excluding carboxylic acids is 1. The van der Waals surface area contributed by atoms with Crippen molar-refractivity contribution in [3.8, 4) is 0 Å². The standard InChI is InChI=1S/C23H23ClN2O/c24-22-11-5-4-9-20(22)16-25-14-6-10-21(25)17-26(23(27)19-12-13-19)15-18-7-2-1-3-8-18/h1-11,14,19H,12-13,15-17H2.